The highest BCUT2D eigenvalue weighted by Crippen LogP contribution is 2.23. The van der Waals surface area contributed by atoms with Crippen LogP contribution in [0.4, 0.5) is 0 Å². The van der Waals surface area contributed by atoms with Crippen LogP contribution in [0.2, 0.25) is 0 Å². The van der Waals surface area contributed by atoms with Crippen LogP contribution in [0.15, 0.2) is 18.2 Å². The van der Waals surface area contributed by atoms with Crippen molar-refractivity contribution in [1.82, 2.24) is 5.32 Å². The predicted molar refractivity (Wildman–Crippen MR) is 91.6 cm³/mol. The Labute approximate surface area is 139 Å². The summed E-state index contributed by atoms with van der Waals surface area (Å²) in [4.78, 5) is 12.0. The van der Waals surface area contributed by atoms with Gasteiger partial charge in [0, 0.05) is 19.1 Å². The van der Waals surface area contributed by atoms with E-state index in [2.05, 4.69) is 25.2 Å². The van der Waals surface area contributed by atoms with E-state index < -0.39 is 0 Å². The minimum atomic E-state index is 0.112. The van der Waals surface area contributed by atoms with E-state index in [1.54, 1.807) is 0 Å². The maximum Gasteiger partial charge on any atom is 0.220 e. The van der Waals surface area contributed by atoms with Crippen molar-refractivity contribution in [3.8, 4) is 5.75 Å². The van der Waals surface area contributed by atoms with Gasteiger partial charge in [-0.05, 0) is 75.1 Å². The Morgan fingerprint density at radius 1 is 1.22 bits per heavy atom. The van der Waals surface area contributed by atoms with Crippen LogP contribution in [0.3, 0.4) is 0 Å². The van der Waals surface area contributed by atoms with E-state index in [4.69, 9.17) is 9.84 Å². The van der Waals surface area contributed by atoms with Gasteiger partial charge >= 0.3 is 0 Å². The molecule has 1 aromatic carbocycles. The summed E-state index contributed by atoms with van der Waals surface area (Å²) in [5, 5.41) is 12.2. The highest BCUT2D eigenvalue weighted by Gasteiger charge is 2.21. The fraction of sp³-hybridized carbons (Fsp3) is 0.632. The second-order valence-corrected chi connectivity index (χ2v) is 6.67. The molecule has 0 heterocycles. The van der Waals surface area contributed by atoms with Crippen molar-refractivity contribution in [2.45, 2.75) is 58.4 Å². The Morgan fingerprint density at radius 2 is 1.96 bits per heavy atom. The topological polar surface area (TPSA) is 58.6 Å². The van der Waals surface area contributed by atoms with Gasteiger partial charge < -0.3 is 15.2 Å². The number of nitrogens with one attached hydrogen (secondary N) is 1. The van der Waals surface area contributed by atoms with Gasteiger partial charge in [0.15, 0.2) is 0 Å². The van der Waals surface area contributed by atoms with Crippen LogP contribution >= 0.6 is 0 Å². The van der Waals surface area contributed by atoms with E-state index in [0.29, 0.717) is 18.9 Å². The van der Waals surface area contributed by atoms with Gasteiger partial charge in [-0.2, -0.15) is 0 Å². The summed E-state index contributed by atoms with van der Waals surface area (Å²) in [6.45, 7) is 4.99. The third-order valence-electron chi connectivity index (χ3n) is 4.77. The molecular formula is C19H29NO3. The quantitative estimate of drug-likeness (QED) is 0.759. The number of ether oxygens (including phenoxy) is 1. The van der Waals surface area contributed by atoms with Crippen molar-refractivity contribution in [2.24, 2.45) is 5.92 Å². The molecule has 1 aliphatic rings. The Bertz CT molecular complexity index is 507. The standard InChI is InChI=1S/C19H29NO3/c1-14-5-10-18(12-15(14)2)23-11-3-4-19(22)20-17-8-6-16(13-21)7-9-17/h5,10,12,16-17,21H,3-4,6-9,11,13H2,1-2H3,(H,20,22). The maximum atomic E-state index is 12.0. The van der Waals surface area contributed by atoms with Crippen molar-refractivity contribution >= 4 is 5.91 Å². The first kappa shape index (κ1) is 17.8. The van der Waals surface area contributed by atoms with Crippen LogP contribution in [0, 0.1) is 19.8 Å². The maximum absolute atomic E-state index is 12.0. The molecule has 1 saturated carbocycles. The summed E-state index contributed by atoms with van der Waals surface area (Å²) in [5.74, 6) is 1.41. The zero-order valence-electron chi connectivity index (χ0n) is 14.3. The average Bonchev–Trinajstić information content (AvgIpc) is 2.55. The molecule has 1 aliphatic carbocycles. The summed E-state index contributed by atoms with van der Waals surface area (Å²) in [5.41, 5.74) is 2.48. The van der Waals surface area contributed by atoms with Gasteiger partial charge in [-0.25, -0.2) is 0 Å². The zero-order valence-corrected chi connectivity index (χ0v) is 14.3. The van der Waals surface area contributed by atoms with Crippen LogP contribution in [-0.2, 0) is 4.79 Å². The highest BCUT2D eigenvalue weighted by molar-refractivity contribution is 5.76. The fourth-order valence-corrected chi connectivity index (χ4v) is 3.02. The predicted octanol–water partition coefficient (Wildman–Crippen LogP) is 3.13. The SMILES string of the molecule is Cc1ccc(OCCCC(=O)NC2CCC(CO)CC2)cc1C. The van der Waals surface area contributed by atoms with E-state index in [-0.39, 0.29) is 18.6 Å². The molecule has 128 valence electrons. The van der Waals surface area contributed by atoms with Crippen LogP contribution in [0.25, 0.3) is 0 Å². The Kier molecular flexibility index (Phi) is 6.90. The first-order valence-corrected chi connectivity index (χ1v) is 8.68. The number of benzene rings is 1. The first-order chi connectivity index (χ1) is 11.1. The van der Waals surface area contributed by atoms with Gasteiger partial charge in [-0.3, -0.25) is 4.79 Å². The lowest BCUT2D eigenvalue weighted by Gasteiger charge is -2.27. The number of carbonyl (C=O) groups excluding carboxylic acids is 1. The molecule has 1 fully saturated rings. The third-order valence-corrected chi connectivity index (χ3v) is 4.77. The normalized spacial score (nSPS) is 21.0. The summed E-state index contributed by atoms with van der Waals surface area (Å²) >= 11 is 0. The van der Waals surface area contributed by atoms with E-state index in [1.165, 1.54) is 11.1 Å². The number of aryl methyl sites for hydroxylation is 2. The second kappa shape index (κ2) is 8.92. The lowest BCUT2D eigenvalue weighted by Crippen LogP contribution is -2.38. The summed E-state index contributed by atoms with van der Waals surface area (Å²) in [6.07, 6.45) is 5.22. The molecule has 1 amide bonds. The largest absolute Gasteiger partial charge is 0.494 e. The van der Waals surface area contributed by atoms with Gasteiger partial charge in [0.1, 0.15) is 5.75 Å². The van der Waals surface area contributed by atoms with Gasteiger partial charge in [0.05, 0.1) is 6.61 Å². The molecule has 0 atom stereocenters. The number of amides is 1. The lowest BCUT2D eigenvalue weighted by molar-refractivity contribution is -0.122. The number of hydrogen-bond acceptors (Lipinski definition) is 3. The molecule has 0 bridgehead atoms. The molecule has 4 heteroatoms. The van der Waals surface area contributed by atoms with E-state index in [9.17, 15) is 4.79 Å². The van der Waals surface area contributed by atoms with Gasteiger partial charge in [-0.1, -0.05) is 6.07 Å². The van der Waals surface area contributed by atoms with Crippen molar-refractivity contribution in [3.05, 3.63) is 29.3 Å². The van der Waals surface area contributed by atoms with Gasteiger partial charge in [0.25, 0.3) is 0 Å². The van der Waals surface area contributed by atoms with E-state index >= 15 is 0 Å². The van der Waals surface area contributed by atoms with Crippen LogP contribution < -0.4 is 10.1 Å². The van der Waals surface area contributed by atoms with Crippen LogP contribution in [-0.4, -0.2) is 30.3 Å². The molecule has 4 nitrogen and oxygen atoms in total. The van der Waals surface area contributed by atoms with Crippen molar-refractivity contribution in [2.75, 3.05) is 13.2 Å². The monoisotopic (exact) mass is 319 g/mol. The Morgan fingerprint density at radius 3 is 2.61 bits per heavy atom. The van der Waals surface area contributed by atoms with Gasteiger partial charge in [0.2, 0.25) is 5.91 Å². The molecule has 0 aromatic heterocycles. The minimum Gasteiger partial charge on any atom is -0.494 e. The Hall–Kier alpha value is -1.55. The highest BCUT2D eigenvalue weighted by atomic mass is 16.5. The summed E-state index contributed by atoms with van der Waals surface area (Å²) < 4.78 is 5.70. The third kappa shape index (κ3) is 5.87. The molecule has 0 aliphatic heterocycles. The first-order valence-electron chi connectivity index (χ1n) is 8.68. The smallest absolute Gasteiger partial charge is 0.220 e. The van der Waals surface area contributed by atoms with Crippen LogP contribution in [0.1, 0.15) is 49.7 Å². The van der Waals surface area contributed by atoms with E-state index in [0.717, 1.165) is 37.9 Å². The number of carbonyl (C=O) groups is 1. The van der Waals surface area contributed by atoms with Crippen molar-refractivity contribution in [1.29, 1.82) is 0 Å². The molecule has 1 aromatic rings. The Balaban J connectivity index is 1.60. The zero-order chi connectivity index (χ0) is 16.7. The summed E-state index contributed by atoms with van der Waals surface area (Å²) in [7, 11) is 0. The van der Waals surface area contributed by atoms with E-state index in [1.807, 2.05) is 12.1 Å². The molecular weight excluding hydrogens is 290 g/mol. The molecule has 0 unspecified atom stereocenters. The molecule has 2 N–H and O–H groups in total. The number of aliphatic hydroxyl groups is 1. The lowest BCUT2D eigenvalue weighted by atomic mass is 9.86. The van der Waals surface area contributed by atoms with Gasteiger partial charge in [-0.15, -0.1) is 0 Å². The summed E-state index contributed by atoms with van der Waals surface area (Å²) in [6, 6.07) is 6.35. The van der Waals surface area contributed by atoms with Crippen LogP contribution in [0.5, 0.6) is 5.75 Å². The van der Waals surface area contributed by atoms with Crippen molar-refractivity contribution in [3.63, 3.8) is 0 Å². The molecule has 2 rings (SSSR count). The second-order valence-electron chi connectivity index (χ2n) is 6.67. The number of hydrogen-bond donors (Lipinski definition) is 2. The molecule has 0 saturated heterocycles. The molecule has 23 heavy (non-hydrogen) atoms. The average molecular weight is 319 g/mol. The minimum absolute atomic E-state index is 0.112. The number of aliphatic hydroxyl groups excluding tert-OH is 1. The van der Waals surface area contributed by atoms with Crippen molar-refractivity contribution < 1.29 is 14.6 Å². The molecule has 0 radical (unpaired) electrons. The molecule has 0 spiro atoms. The fourth-order valence-electron chi connectivity index (χ4n) is 3.02. The number of rotatable bonds is 7.